The molecule has 7 nitrogen and oxygen atoms in total. The van der Waals surface area contributed by atoms with Crippen molar-refractivity contribution in [1.29, 1.82) is 10.7 Å². The van der Waals surface area contributed by atoms with Gasteiger partial charge in [-0.25, -0.2) is 0 Å². The number of carbonyl (C=O) groups excluding carboxylic acids is 1. The van der Waals surface area contributed by atoms with Crippen molar-refractivity contribution in [2.45, 2.75) is 0 Å². The minimum absolute atomic E-state index is 0.217. The van der Waals surface area contributed by atoms with E-state index in [1.54, 1.807) is 54.6 Å². The number of amidine groups is 1. The summed E-state index contributed by atoms with van der Waals surface area (Å²) in [5, 5.41) is 22.7. The third-order valence-corrected chi connectivity index (χ3v) is 3.25. The monoisotopic (exact) mass is 340 g/mol. The Morgan fingerprint density at radius 3 is 2.38 bits per heavy atom. The molecule has 2 aromatic rings. The molecule has 0 unspecified atom stereocenters. The third kappa shape index (κ3) is 4.32. The Hall–Kier alpha value is -3.37. The number of nitrogens with zero attached hydrogens (tertiary/aromatic N) is 2. The lowest BCUT2D eigenvalue weighted by molar-refractivity contribution is 0.102. The van der Waals surface area contributed by atoms with Crippen molar-refractivity contribution in [3.63, 3.8) is 0 Å². The van der Waals surface area contributed by atoms with Crippen LogP contribution < -0.4 is 16.5 Å². The van der Waals surface area contributed by atoms with Crippen LogP contribution in [0.1, 0.15) is 10.4 Å². The van der Waals surface area contributed by atoms with Crippen LogP contribution in [0, 0.1) is 16.7 Å². The summed E-state index contributed by atoms with van der Waals surface area (Å²) in [5.41, 5.74) is 9.10. The Morgan fingerprint density at radius 1 is 1.17 bits per heavy atom. The van der Waals surface area contributed by atoms with Gasteiger partial charge >= 0.3 is 0 Å². The van der Waals surface area contributed by atoms with Crippen molar-refractivity contribution in [2.75, 3.05) is 10.7 Å². The highest BCUT2D eigenvalue weighted by atomic mass is 35.5. The van der Waals surface area contributed by atoms with E-state index in [4.69, 9.17) is 28.0 Å². The molecule has 0 heterocycles. The second kappa shape index (κ2) is 7.76. The maximum Gasteiger partial charge on any atom is 0.257 e. The van der Waals surface area contributed by atoms with Crippen LogP contribution >= 0.6 is 11.6 Å². The van der Waals surface area contributed by atoms with Gasteiger partial charge in [0.25, 0.3) is 5.91 Å². The molecular formula is C16H13ClN6O. The first-order chi connectivity index (χ1) is 11.5. The van der Waals surface area contributed by atoms with E-state index in [2.05, 4.69) is 15.8 Å². The van der Waals surface area contributed by atoms with Crippen LogP contribution in [0.5, 0.6) is 0 Å². The van der Waals surface area contributed by atoms with Gasteiger partial charge in [0, 0.05) is 5.69 Å². The van der Waals surface area contributed by atoms with E-state index in [1.165, 1.54) is 0 Å². The van der Waals surface area contributed by atoms with Crippen molar-refractivity contribution in [1.82, 2.24) is 0 Å². The van der Waals surface area contributed by atoms with Crippen LogP contribution in [0.15, 0.2) is 53.6 Å². The molecule has 1 amide bonds. The first kappa shape index (κ1) is 17.0. The number of nitrogens with one attached hydrogen (secondary N) is 3. The predicted molar refractivity (Wildman–Crippen MR) is 94.4 cm³/mol. The van der Waals surface area contributed by atoms with Gasteiger partial charge in [-0.1, -0.05) is 23.7 Å². The Morgan fingerprint density at radius 2 is 1.79 bits per heavy atom. The molecule has 2 rings (SSSR count). The number of halogens is 1. The zero-order chi connectivity index (χ0) is 17.5. The molecule has 120 valence electrons. The Balaban J connectivity index is 2.05. The molecule has 0 aliphatic rings. The quantitative estimate of drug-likeness (QED) is 0.379. The molecule has 0 radical (unpaired) electrons. The average molecular weight is 341 g/mol. The number of hydrazone groups is 1. The first-order valence-electron chi connectivity index (χ1n) is 6.75. The van der Waals surface area contributed by atoms with Gasteiger partial charge < -0.3 is 11.1 Å². The third-order valence-electron chi connectivity index (χ3n) is 2.92. The van der Waals surface area contributed by atoms with Crippen molar-refractivity contribution in [3.8, 4) is 6.07 Å². The van der Waals surface area contributed by atoms with Gasteiger partial charge in [0.2, 0.25) is 5.71 Å². The number of anilines is 2. The molecule has 0 fully saturated rings. The normalized spacial score (nSPS) is 10.6. The number of nitriles is 1. The zero-order valence-corrected chi connectivity index (χ0v) is 13.1. The Kier molecular flexibility index (Phi) is 5.49. The fourth-order valence-corrected chi connectivity index (χ4v) is 1.96. The smallest absolute Gasteiger partial charge is 0.257 e. The van der Waals surface area contributed by atoms with Crippen molar-refractivity contribution in [2.24, 2.45) is 10.8 Å². The molecule has 0 spiro atoms. The van der Waals surface area contributed by atoms with Gasteiger partial charge in [-0.05, 0) is 36.4 Å². The molecule has 0 bridgehead atoms. The van der Waals surface area contributed by atoms with E-state index in [-0.39, 0.29) is 11.6 Å². The topological polar surface area (TPSA) is 127 Å². The van der Waals surface area contributed by atoms with E-state index >= 15 is 0 Å². The summed E-state index contributed by atoms with van der Waals surface area (Å²) >= 11 is 5.98. The highest BCUT2D eigenvalue weighted by Gasteiger charge is 2.09. The van der Waals surface area contributed by atoms with Gasteiger partial charge in [-0.2, -0.15) is 10.4 Å². The highest BCUT2D eigenvalue weighted by Crippen LogP contribution is 2.18. The maximum absolute atomic E-state index is 12.1. The second-order valence-corrected chi connectivity index (χ2v) is 5.02. The lowest BCUT2D eigenvalue weighted by Gasteiger charge is -2.07. The number of hydrogen-bond acceptors (Lipinski definition) is 5. The number of carbonyl (C=O) groups is 1. The molecule has 8 heteroatoms. The van der Waals surface area contributed by atoms with Gasteiger partial charge in [-0.15, -0.1) is 0 Å². The van der Waals surface area contributed by atoms with E-state index in [1.807, 2.05) is 0 Å². The number of hydrogen-bond donors (Lipinski definition) is 4. The molecule has 0 aliphatic carbocycles. The Labute approximate surface area is 143 Å². The maximum atomic E-state index is 12.1. The largest absolute Gasteiger partial charge is 0.382 e. The summed E-state index contributed by atoms with van der Waals surface area (Å²) in [6.07, 6.45) is 0. The molecule has 0 aromatic heterocycles. The minimum atomic E-state index is -0.423. The number of rotatable bonds is 5. The van der Waals surface area contributed by atoms with Crippen LogP contribution in [-0.2, 0) is 0 Å². The fraction of sp³-hybridized carbons (Fsp3) is 0. The van der Waals surface area contributed by atoms with Gasteiger partial charge in [-0.3, -0.25) is 15.6 Å². The Bertz CT molecular complexity index is 838. The predicted octanol–water partition coefficient (Wildman–Crippen LogP) is 2.82. The van der Waals surface area contributed by atoms with Gasteiger partial charge in [0.1, 0.15) is 6.07 Å². The summed E-state index contributed by atoms with van der Waals surface area (Å²) < 4.78 is 0. The standard InChI is InChI=1S/C16H13ClN6O/c17-13-4-2-1-3-12(13)16(24)21-10-5-7-11(8-6-10)22-23-14(9-18)15(19)20/h1-8,22H,(H3,19,20)(H,21,24)/b23-14+. The fourth-order valence-electron chi connectivity index (χ4n) is 1.74. The van der Waals surface area contributed by atoms with Crippen molar-refractivity contribution < 1.29 is 4.79 Å². The zero-order valence-electron chi connectivity index (χ0n) is 12.4. The van der Waals surface area contributed by atoms with Crippen molar-refractivity contribution in [3.05, 3.63) is 59.1 Å². The van der Waals surface area contributed by atoms with Crippen LogP contribution in [0.25, 0.3) is 0 Å². The lowest BCUT2D eigenvalue weighted by Crippen LogP contribution is -2.21. The number of nitrogens with two attached hydrogens (primary N) is 1. The van der Waals surface area contributed by atoms with E-state index in [9.17, 15) is 4.79 Å². The van der Waals surface area contributed by atoms with Crippen LogP contribution in [0.4, 0.5) is 11.4 Å². The molecule has 0 saturated carbocycles. The average Bonchev–Trinajstić information content (AvgIpc) is 2.57. The second-order valence-electron chi connectivity index (χ2n) is 4.61. The first-order valence-corrected chi connectivity index (χ1v) is 7.13. The lowest BCUT2D eigenvalue weighted by atomic mass is 10.2. The molecular weight excluding hydrogens is 328 g/mol. The molecule has 0 saturated heterocycles. The van der Waals surface area contributed by atoms with Crippen LogP contribution in [0.2, 0.25) is 5.02 Å². The van der Waals surface area contributed by atoms with E-state index in [0.717, 1.165) is 0 Å². The summed E-state index contributed by atoms with van der Waals surface area (Å²) in [4.78, 5) is 12.1. The summed E-state index contributed by atoms with van der Waals surface area (Å²) in [5.74, 6) is -0.740. The highest BCUT2D eigenvalue weighted by molar-refractivity contribution is 6.45. The summed E-state index contributed by atoms with van der Waals surface area (Å²) in [6, 6.07) is 15.1. The van der Waals surface area contributed by atoms with Crippen LogP contribution in [0.3, 0.4) is 0 Å². The van der Waals surface area contributed by atoms with Gasteiger partial charge in [0.15, 0.2) is 5.84 Å². The molecule has 0 atom stereocenters. The van der Waals surface area contributed by atoms with E-state index < -0.39 is 5.84 Å². The molecule has 24 heavy (non-hydrogen) atoms. The SMILES string of the molecule is N#C/C(=N\Nc1ccc(NC(=O)c2ccccc2Cl)cc1)C(=N)N. The van der Waals surface area contributed by atoms with E-state index in [0.29, 0.717) is 22.0 Å². The molecule has 5 N–H and O–H groups in total. The minimum Gasteiger partial charge on any atom is -0.382 e. The molecule has 0 aliphatic heterocycles. The number of amides is 1. The van der Waals surface area contributed by atoms with Crippen LogP contribution in [-0.4, -0.2) is 17.5 Å². The summed E-state index contributed by atoms with van der Waals surface area (Å²) in [6.45, 7) is 0. The number of benzene rings is 2. The molecule has 2 aromatic carbocycles. The van der Waals surface area contributed by atoms with Crippen molar-refractivity contribution >= 4 is 40.4 Å². The van der Waals surface area contributed by atoms with Gasteiger partial charge in [0.05, 0.1) is 16.3 Å². The summed E-state index contributed by atoms with van der Waals surface area (Å²) in [7, 11) is 0.